The van der Waals surface area contributed by atoms with Crippen LogP contribution in [0, 0.1) is 0 Å². The summed E-state index contributed by atoms with van der Waals surface area (Å²) in [5.74, 6) is 11.6. The van der Waals surface area contributed by atoms with Crippen molar-refractivity contribution in [1.82, 2.24) is 15.9 Å². The predicted octanol–water partition coefficient (Wildman–Crippen LogP) is -0.867. The van der Waals surface area contributed by atoms with E-state index >= 15 is 0 Å². The fourth-order valence-electron chi connectivity index (χ4n) is 1.08. The Balaban J connectivity index is 2.29. The number of rotatable bonds is 1. The third-order valence-corrected chi connectivity index (χ3v) is 1.74. The minimum Gasteiger partial charge on any atom is -0.229 e. The van der Waals surface area contributed by atoms with Gasteiger partial charge in [0.2, 0.25) is 0 Å². The largest absolute Gasteiger partial charge is 0.229 e. The minimum absolute atomic E-state index is 0.586. The van der Waals surface area contributed by atoms with Crippen molar-refractivity contribution in [3.8, 4) is 0 Å². The Bertz CT molecular complexity index is 321. The second kappa shape index (κ2) is 3.02. The highest BCUT2D eigenvalue weighted by atomic mass is 16.1. The molecule has 0 atom stereocenters. The monoisotopic (exact) mass is 178 g/mol. The van der Waals surface area contributed by atoms with Crippen molar-refractivity contribution in [1.29, 1.82) is 0 Å². The highest BCUT2D eigenvalue weighted by Gasteiger charge is 2.20. The number of nitrogens with two attached hydrogens (primary N) is 2. The van der Waals surface area contributed by atoms with Gasteiger partial charge in [-0.1, -0.05) is 30.3 Å². The van der Waals surface area contributed by atoms with Crippen molar-refractivity contribution in [3.63, 3.8) is 0 Å². The third kappa shape index (κ3) is 1.33. The van der Waals surface area contributed by atoms with E-state index in [4.69, 9.17) is 11.7 Å². The van der Waals surface area contributed by atoms with Crippen molar-refractivity contribution < 1.29 is 0 Å². The van der Waals surface area contributed by atoms with E-state index in [1.165, 1.54) is 5.12 Å². The molecule has 0 amide bonds. The highest BCUT2D eigenvalue weighted by molar-refractivity contribution is 5.98. The molecule has 1 aromatic rings. The first kappa shape index (κ1) is 7.99. The number of nitrogens with zero attached hydrogens (tertiary/aromatic N) is 3. The molecule has 68 valence electrons. The zero-order chi connectivity index (χ0) is 9.26. The van der Waals surface area contributed by atoms with Crippen molar-refractivity contribution in [2.24, 2.45) is 16.8 Å². The number of benzene rings is 1. The first-order valence-corrected chi connectivity index (χ1v) is 3.77. The van der Waals surface area contributed by atoms with Gasteiger partial charge in [-0.3, -0.25) is 0 Å². The maximum atomic E-state index is 5.60. The number of hydrazine groups is 4. The Kier molecular flexibility index (Phi) is 1.85. The Hall–Kier alpha value is -1.63. The topological polar surface area (TPSA) is 82.9 Å². The van der Waals surface area contributed by atoms with Gasteiger partial charge < -0.3 is 0 Å². The molecule has 5 N–H and O–H groups in total. The van der Waals surface area contributed by atoms with Gasteiger partial charge >= 0.3 is 0 Å². The zero-order valence-electron chi connectivity index (χ0n) is 6.88. The van der Waals surface area contributed by atoms with E-state index in [1.54, 1.807) is 0 Å². The van der Waals surface area contributed by atoms with E-state index in [-0.39, 0.29) is 0 Å². The summed E-state index contributed by atoms with van der Waals surface area (Å²) < 4.78 is 0. The van der Waals surface area contributed by atoms with Gasteiger partial charge in [0.1, 0.15) is 0 Å². The van der Waals surface area contributed by atoms with Crippen LogP contribution in [-0.4, -0.2) is 16.2 Å². The molecule has 0 saturated heterocycles. The van der Waals surface area contributed by atoms with Crippen molar-refractivity contribution in [3.05, 3.63) is 35.9 Å². The molecular formula is C7H10N6. The number of nitrogens with one attached hydrogen (secondary N) is 1. The van der Waals surface area contributed by atoms with Gasteiger partial charge in [0.25, 0.3) is 0 Å². The van der Waals surface area contributed by atoms with Crippen LogP contribution in [0.15, 0.2) is 35.4 Å². The first-order chi connectivity index (χ1) is 6.29. The van der Waals surface area contributed by atoms with Crippen molar-refractivity contribution in [2.75, 3.05) is 0 Å². The smallest absolute Gasteiger partial charge is 0.190 e. The molecule has 6 nitrogen and oxygen atoms in total. The Morgan fingerprint density at radius 1 is 1.15 bits per heavy atom. The molecule has 0 unspecified atom stereocenters. The van der Waals surface area contributed by atoms with Gasteiger partial charge in [0.05, 0.1) is 0 Å². The van der Waals surface area contributed by atoms with Gasteiger partial charge in [-0.15, -0.1) is 5.10 Å². The van der Waals surface area contributed by atoms with E-state index < -0.39 is 0 Å². The lowest BCUT2D eigenvalue weighted by Crippen LogP contribution is -2.54. The van der Waals surface area contributed by atoms with Crippen LogP contribution in [0.4, 0.5) is 0 Å². The summed E-state index contributed by atoms with van der Waals surface area (Å²) in [6.45, 7) is 0. The number of hydrogen-bond donors (Lipinski definition) is 3. The van der Waals surface area contributed by atoms with Crippen LogP contribution in [0.1, 0.15) is 5.56 Å². The summed E-state index contributed by atoms with van der Waals surface area (Å²) in [7, 11) is 0. The quantitative estimate of drug-likeness (QED) is 0.487. The van der Waals surface area contributed by atoms with Crippen LogP contribution in [-0.2, 0) is 0 Å². The van der Waals surface area contributed by atoms with Crippen LogP contribution in [0.5, 0.6) is 0 Å². The fourth-order valence-corrected chi connectivity index (χ4v) is 1.08. The SMILES string of the molecule is NN1NN=C(c2ccccc2)N1N. The second-order valence-corrected chi connectivity index (χ2v) is 2.59. The Labute approximate surface area is 75.3 Å². The van der Waals surface area contributed by atoms with E-state index in [9.17, 15) is 0 Å². The second-order valence-electron chi connectivity index (χ2n) is 2.59. The Morgan fingerprint density at radius 2 is 1.85 bits per heavy atom. The number of hydrazone groups is 1. The summed E-state index contributed by atoms with van der Waals surface area (Å²) in [5.41, 5.74) is 3.43. The molecule has 0 fully saturated rings. The molecular weight excluding hydrogens is 168 g/mol. The average molecular weight is 178 g/mol. The standard InChI is InChI=1S/C7H10N6/c8-12-7(10-11-13(12)9)6-4-2-1-3-5-6/h1-5,11H,8-9H2. The van der Waals surface area contributed by atoms with Gasteiger partial charge in [-0.25, -0.2) is 17.2 Å². The maximum Gasteiger partial charge on any atom is 0.190 e. The molecule has 0 bridgehead atoms. The molecule has 13 heavy (non-hydrogen) atoms. The molecule has 0 aromatic heterocycles. The predicted molar refractivity (Wildman–Crippen MR) is 48.2 cm³/mol. The summed E-state index contributed by atoms with van der Waals surface area (Å²) in [6, 6.07) is 9.54. The minimum atomic E-state index is 0.586. The summed E-state index contributed by atoms with van der Waals surface area (Å²) >= 11 is 0. The van der Waals surface area contributed by atoms with E-state index in [0.29, 0.717) is 5.84 Å². The van der Waals surface area contributed by atoms with E-state index in [1.807, 2.05) is 30.3 Å². The number of hydrogen-bond acceptors (Lipinski definition) is 6. The summed E-state index contributed by atoms with van der Waals surface area (Å²) in [6.07, 6.45) is 0. The number of amidine groups is 1. The van der Waals surface area contributed by atoms with E-state index in [2.05, 4.69) is 10.6 Å². The molecule has 1 heterocycles. The molecule has 1 aliphatic rings. The summed E-state index contributed by atoms with van der Waals surface area (Å²) in [4.78, 5) is 0. The highest BCUT2D eigenvalue weighted by Crippen LogP contribution is 2.05. The molecule has 0 radical (unpaired) electrons. The van der Waals surface area contributed by atoms with Gasteiger partial charge in [0, 0.05) is 5.56 Å². The maximum absolute atomic E-state index is 5.60. The van der Waals surface area contributed by atoms with Gasteiger partial charge in [0.15, 0.2) is 5.84 Å². The average Bonchev–Trinajstić information content (AvgIpc) is 2.49. The van der Waals surface area contributed by atoms with Crippen molar-refractivity contribution >= 4 is 5.84 Å². The molecule has 0 saturated carbocycles. The van der Waals surface area contributed by atoms with Crippen LogP contribution in [0.25, 0.3) is 0 Å². The van der Waals surface area contributed by atoms with Crippen LogP contribution >= 0.6 is 0 Å². The molecule has 2 rings (SSSR count). The van der Waals surface area contributed by atoms with Crippen LogP contribution in [0.3, 0.4) is 0 Å². The lowest BCUT2D eigenvalue weighted by atomic mass is 10.2. The lowest BCUT2D eigenvalue weighted by Gasteiger charge is -2.18. The zero-order valence-corrected chi connectivity index (χ0v) is 6.88. The van der Waals surface area contributed by atoms with Crippen LogP contribution in [0.2, 0.25) is 0 Å². The normalized spacial score (nSPS) is 17.1. The molecule has 0 aliphatic carbocycles. The summed E-state index contributed by atoms with van der Waals surface area (Å²) in [5, 5.41) is 6.27. The molecule has 1 aliphatic heterocycles. The molecule has 6 heteroatoms. The molecule has 1 aromatic carbocycles. The van der Waals surface area contributed by atoms with E-state index in [0.717, 1.165) is 10.8 Å². The molecule has 0 spiro atoms. The van der Waals surface area contributed by atoms with Gasteiger partial charge in [-0.2, -0.15) is 5.12 Å². The van der Waals surface area contributed by atoms with Gasteiger partial charge in [-0.05, 0) is 5.23 Å². The first-order valence-electron chi connectivity index (χ1n) is 3.77. The third-order valence-electron chi connectivity index (χ3n) is 1.74. The Morgan fingerprint density at radius 3 is 2.38 bits per heavy atom. The van der Waals surface area contributed by atoms with Crippen molar-refractivity contribution in [2.45, 2.75) is 0 Å². The fraction of sp³-hybridized carbons (Fsp3) is 0. The lowest BCUT2D eigenvalue weighted by molar-refractivity contribution is 0.0143. The van der Waals surface area contributed by atoms with Crippen LogP contribution < -0.4 is 17.2 Å².